The molecule has 11 heavy (non-hydrogen) atoms. The van der Waals surface area contributed by atoms with Gasteiger partial charge in [0.2, 0.25) is 0 Å². The SMILES string of the molecule is Br.C#CCC.c1cc2ccc1-2. The summed E-state index contributed by atoms with van der Waals surface area (Å²) in [6.07, 6.45) is 5.62. The Kier molecular flexibility index (Phi) is 4.65. The molecule has 0 saturated heterocycles. The van der Waals surface area contributed by atoms with Crippen LogP contribution in [0.5, 0.6) is 0 Å². The zero-order chi connectivity index (χ0) is 7.40. The molecular weight excluding hydrogens is 200 g/mol. The molecule has 0 N–H and O–H groups in total. The number of hydrogen-bond acceptors (Lipinski definition) is 0. The van der Waals surface area contributed by atoms with Crippen molar-refractivity contribution in [3.8, 4) is 23.5 Å². The van der Waals surface area contributed by atoms with Gasteiger partial charge in [-0.15, -0.1) is 29.3 Å². The van der Waals surface area contributed by atoms with Crippen LogP contribution in [-0.2, 0) is 0 Å². The fourth-order valence-corrected chi connectivity index (χ4v) is 0.663. The van der Waals surface area contributed by atoms with Gasteiger partial charge < -0.3 is 0 Å². The van der Waals surface area contributed by atoms with Gasteiger partial charge in [-0.2, -0.15) is 0 Å². The van der Waals surface area contributed by atoms with Gasteiger partial charge in [-0.1, -0.05) is 31.2 Å². The fourth-order valence-electron chi connectivity index (χ4n) is 0.663. The minimum Gasteiger partial charge on any atom is -0.120 e. The van der Waals surface area contributed by atoms with Crippen LogP contribution >= 0.6 is 17.0 Å². The standard InChI is InChI=1S/C6H4.C4H6.BrH/c1-2-6-4-3-5(1)6;1-3-4-2;/h1-4H;1H,4H2,2H3;1H. The van der Waals surface area contributed by atoms with Crippen molar-refractivity contribution in [1.29, 1.82) is 0 Å². The Labute approximate surface area is 78.4 Å². The normalized spacial score (nSPS) is 8.00. The predicted molar refractivity (Wildman–Crippen MR) is 54.9 cm³/mol. The van der Waals surface area contributed by atoms with Crippen LogP contribution in [0.1, 0.15) is 13.3 Å². The maximum atomic E-state index is 4.78. The lowest BCUT2D eigenvalue weighted by molar-refractivity contribution is 1.28. The maximum absolute atomic E-state index is 4.78. The minimum atomic E-state index is 0. The summed E-state index contributed by atoms with van der Waals surface area (Å²) in [5.41, 5.74) is 2.85. The highest BCUT2D eigenvalue weighted by molar-refractivity contribution is 8.93. The van der Waals surface area contributed by atoms with Gasteiger partial charge in [0, 0.05) is 6.42 Å². The van der Waals surface area contributed by atoms with Crippen LogP contribution in [-0.4, -0.2) is 0 Å². The van der Waals surface area contributed by atoms with Crippen LogP contribution < -0.4 is 0 Å². The minimum absolute atomic E-state index is 0. The third kappa shape index (κ3) is 2.40. The monoisotopic (exact) mass is 210 g/mol. The Morgan fingerprint density at radius 1 is 1.18 bits per heavy atom. The molecule has 0 heterocycles. The molecule has 0 radical (unpaired) electrons. The Balaban J connectivity index is 0.000000183. The van der Waals surface area contributed by atoms with E-state index in [1.165, 1.54) is 11.1 Å². The number of hydrogen-bond donors (Lipinski definition) is 0. The van der Waals surface area contributed by atoms with E-state index < -0.39 is 0 Å². The molecule has 1 heteroatoms. The van der Waals surface area contributed by atoms with Crippen molar-refractivity contribution in [3.63, 3.8) is 0 Å². The predicted octanol–water partition coefficient (Wildman–Crippen LogP) is 3.27. The topological polar surface area (TPSA) is 0 Å². The molecule has 0 bridgehead atoms. The van der Waals surface area contributed by atoms with E-state index in [1.807, 2.05) is 6.92 Å². The van der Waals surface area contributed by atoms with Crippen molar-refractivity contribution in [1.82, 2.24) is 0 Å². The highest BCUT2D eigenvalue weighted by atomic mass is 79.9. The highest BCUT2D eigenvalue weighted by Crippen LogP contribution is 2.29. The molecule has 0 saturated carbocycles. The van der Waals surface area contributed by atoms with E-state index in [9.17, 15) is 0 Å². The van der Waals surface area contributed by atoms with E-state index in [-0.39, 0.29) is 17.0 Å². The van der Waals surface area contributed by atoms with Crippen LogP contribution in [0.25, 0.3) is 11.1 Å². The van der Waals surface area contributed by atoms with Gasteiger partial charge in [0.1, 0.15) is 0 Å². The van der Waals surface area contributed by atoms with Crippen molar-refractivity contribution in [2.75, 3.05) is 0 Å². The second-order valence-corrected chi connectivity index (χ2v) is 2.14. The third-order valence-electron chi connectivity index (χ3n) is 1.42. The van der Waals surface area contributed by atoms with Crippen LogP contribution in [0.15, 0.2) is 24.3 Å². The Bertz CT molecular complexity index is 220. The van der Waals surface area contributed by atoms with Gasteiger partial charge >= 0.3 is 0 Å². The summed E-state index contributed by atoms with van der Waals surface area (Å²) in [5.74, 6) is 2.43. The first-order valence-corrected chi connectivity index (χ1v) is 3.42. The first-order chi connectivity index (χ1) is 4.88. The van der Waals surface area contributed by atoms with Crippen LogP contribution in [0.3, 0.4) is 0 Å². The molecule has 2 aliphatic rings. The highest BCUT2D eigenvalue weighted by Gasteiger charge is 2.03. The van der Waals surface area contributed by atoms with E-state index in [2.05, 4.69) is 30.2 Å². The van der Waals surface area contributed by atoms with Crippen molar-refractivity contribution in [3.05, 3.63) is 24.3 Å². The van der Waals surface area contributed by atoms with E-state index in [0.717, 1.165) is 6.42 Å². The first kappa shape index (κ1) is 10.3. The number of rotatable bonds is 0. The van der Waals surface area contributed by atoms with Gasteiger partial charge in [0.05, 0.1) is 0 Å². The summed E-state index contributed by atoms with van der Waals surface area (Å²) in [6.45, 7) is 1.94. The van der Waals surface area contributed by atoms with Gasteiger partial charge in [0.15, 0.2) is 0 Å². The Morgan fingerprint density at radius 3 is 1.45 bits per heavy atom. The van der Waals surface area contributed by atoms with Crippen molar-refractivity contribution < 1.29 is 0 Å². The summed E-state index contributed by atoms with van der Waals surface area (Å²) >= 11 is 0. The maximum Gasteiger partial charge on any atom is 0.00576 e. The number of fused-ring (bicyclic) bond motifs is 1. The summed E-state index contributed by atoms with van der Waals surface area (Å²) in [7, 11) is 0. The summed E-state index contributed by atoms with van der Waals surface area (Å²) < 4.78 is 0. The molecule has 0 nitrogen and oxygen atoms in total. The van der Waals surface area contributed by atoms with Gasteiger partial charge in [-0.25, -0.2) is 0 Å². The lowest BCUT2D eigenvalue weighted by Crippen LogP contribution is -1.85. The quantitative estimate of drug-likeness (QED) is 0.586. The number of halogens is 1. The lowest BCUT2D eigenvalue weighted by atomic mass is 9.95. The van der Waals surface area contributed by atoms with Crippen LogP contribution in [0, 0.1) is 12.3 Å². The zero-order valence-corrected chi connectivity index (χ0v) is 8.22. The van der Waals surface area contributed by atoms with E-state index in [0.29, 0.717) is 0 Å². The average molecular weight is 211 g/mol. The molecule has 2 aliphatic carbocycles. The Morgan fingerprint density at radius 2 is 1.45 bits per heavy atom. The molecule has 58 valence electrons. The molecule has 0 fully saturated rings. The molecule has 0 amide bonds. The number of benzene rings is 1. The average Bonchev–Trinajstić information content (AvgIpc) is 1.97. The largest absolute Gasteiger partial charge is 0.120 e. The second kappa shape index (κ2) is 4.98. The molecule has 0 aliphatic heterocycles. The van der Waals surface area contributed by atoms with Crippen LogP contribution in [0.4, 0.5) is 0 Å². The van der Waals surface area contributed by atoms with E-state index in [4.69, 9.17) is 6.42 Å². The molecule has 0 aromatic rings. The van der Waals surface area contributed by atoms with Gasteiger partial charge in [0.25, 0.3) is 0 Å². The van der Waals surface area contributed by atoms with Crippen LogP contribution in [0.2, 0.25) is 0 Å². The summed E-state index contributed by atoms with van der Waals surface area (Å²) in [4.78, 5) is 0. The molecule has 0 unspecified atom stereocenters. The number of terminal acetylenes is 1. The zero-order valence-electron chi connectivity index (χ0n) is 6.50. The van der Waals surface area contributed by atoms with Gasteiger partial charge in [-0.3, -0.25) is 0 Å². The molecule has 0 spiro atoms. The van der Waals surface area contributed by atoms with Gasteiger partial charge in [-0.05, 0) is 11.1 Å². The van der Waals surface area contributed by atoms with Crippen molar-refractivity contribution in [2.24, 2.45) is 0 Å². The van der Waals surface area contributed by atoms with Crippen molar-refractivity contribution >= 4 is 17.0 Å². The summed E-state index contributed by atoms with van der Waals surface area (Å²) in [5, 5.41) is 0. The van der Waals surface area contributed by atoms with Crippen molar-refractivity contribution in [2.45, 2.75) is 13.3 Å². The third-order valence-corrected chi connectivity index (χ3v) is 1.42. The summed E-state index contributed by atoms with van der Waals surface area (Å²) in [6, 6.07) is 8.48. The molecular formula is C10H11Br. The molecule has 0 atom stereocenters. The smallest absolute Gasteiger partial charge is 0.00576 e. The first-order valence-electron chi connectivity index (χ1n) is 3.42. The lowest BCUT2D eigenvalue weighted by Gasteiger charge is -2.10. The van der Waals surface area contributed by atoms with E-state index >= 15 is 0 Å². The van der Waals surface area contributed by atoms with E-state index in [1.54, 1.807) is 0 Å². The fraction of sp³-hybridized carbons (Fsp3) is 0.200. The second-order valence-electron chi connectivity index (χ2n) is 2.14. The molecule has 0 aromatic heterocycles. The molecule has 0 aromatic carbocycles. The molecule has 2 rings (SSSR count). The Hall–Kier alpha value is -0.740.